The van der Waals surface area contributed by atoms with Crippen molar-refractivity contribution < 1.29 is 9.53 Å². The molecule has 3 N–H and O–H groups in total. The maximum absolute atomic E-state index is 12.7. The van der Waals surface area contributed by atoms with Crippen LogP contribution in [0.2, 0.25) is 5.02 Å². The Kier molecular flexibility index (Phi) is 6.72. The third kappa shape index (κ3) is 5.10. The van der Waals surface area contributed by atoms with E-state index >= 15 is 0 Å². The molecule has 0 unspecified atom stereocenters. The zero-order valence-corrected chi connectivity index (χ0v) is 18.3. The van der Waals surface area contributed by atoms with Crippen molar-refractivity contribution in [3.8, 4) is 5.75 Å². The molecule has 3 aromatic carbocycles. The second kappa shape index (κ2) is 10.0. The van der Waals surface area contributed by atoms with Crippen LogP contribution >= 0.6 is 11.6 Å². The van der Waals surface area contributed by atoms with E-state index in [4.69, 9.17) is 16.3 Å². The van der Waals surface area contributed by atoms with Gasteiger partial charge in [-0.1, -0.05) is 48.0 Å². The van der Waals surface area contributed by atoms with Gasteiger partial charge in [0.25, 0.3) is 5.91 Å². The lowest BCUT2D eigenvalue weighted by Crippen LogP contribution is -2.36. The Morgan fingerprint density at radius 3 is 2.62 bits per heavy atom. The predicted octanol–water partition coefficient (Wildman–Crippen LogP) is 5.27. The van der Waals surface area contributed by atoms with Gasteiger partial charge in [-0.15, -0.1) is 0 Å². The number of rotatable bonds is 6. The number of nitrogens with one attached hydrogen (secondary N) is 3. The van der Waals surface area contributed by atoms with Crippen molar-refractivity contribution in [2.24, 2.45) is 4.99 Å². The van der Waals surface area contributed by atoms with Crippen molar-refractivity contribution in [3.63, 3.8) is 0 Å². The number of aromatic nitrogens is 1. The third-order valence-corrected chi connectivity index (χ3v) is 5.30. The molecule has 4 rings (SSSR count). The van der Waals surface area contributed by atoms with E-state index in [0.29, 0.717) is 34.5 Å². The smallest absolute Gasteiger partial charge is 0.257 e. The number of anilines is 1. The van der Waals surface area contributed by atoms with Gasteiger partial charge >= 0.3 is 0 Å². The maximum atomic E-state index is 12.7. The number of hydrogen-bond donors (Lipinski definition) is 3. The molecule has 162 valence electrons. The first-order valence-corrected chi connectivity index (χ1v) is 10.6. The summed E-state index contributed by atoms with van der Waals surface area (Å²) in [5.41, 5.74) is 3.50. The zero-order chi connectivity index (χ0) is 22.3. The fourth-order valence-corrected chi connectivity index (χ4v) is 3.64. The summed E-state index contributed by atoms with van der Waals surface area (Å²) in [5, 5.41) is 7.66. The maximum Gasteiger partial charge on any atom is 0.257 e. The topological polar surface area (TPSA) is 78.5 Å². The molecule has 0 radical (unpaired) electrons. The van der Waals surface area contributed by atoms with Gasteiger partial charge in [0.05, 0.1) is 12.1 Å². The van der Waals surface area contributed by atoms with Gasteiger partial charge in [0, 0.05) is 34.9 Å². The van der Waals surface area contributed by atoms with Crippen molar-refractivity contribution in [2.75, 3.05) is 19.0 Å². The van der Waals surface area contributed by atoms with Crippen molar-refractivity contribution in [1.29, 1.82) is 0 Å². The first-order chi connectivity index (χ1) is 15.6. The highest BCUT2D eigenvalue weighted by Crippen LogP contribution is 2.27. The number of carbonyl (C=O) groups excluding carboxylic acids is 1. The Bertz CT molecular complexity index is 1250. The molecule has 0 aliphatic heterocycles. The Hall–Kier alpha value is -3.77. The number of halogens is 1. The molecule has 0 atom stereocenters. The van der Waals surface area contributed by atoms with Crippen LogP contribution in [-0.4, -0.2) is 30.5 Å². The number of hydrogen-bond acceptors (Lipinski definition) is 3. The Labute approximate surface area is 191 Å². The Morgan fingerprint density at radius 1 is 1.06 bits per heavy atom. The van der Waals surface area contributed by atoms with E-state index in [1.165, 1.54) is 10.9 Å². The monoisotopic (exact) mass is 446 g/mol. The molecule has 7 heteroatoms. The second-order valence-corrected chi connectivity index (χ2v) is 7.54. The summed E-state index contributed by atoms with van der Waals surface area (Å²) in [4.78, 5) is 20.6. The molecule has 6 nitrogen and oxygen atoms in total. The summed E-state index contributed by atoms with van der Waals surface area (Å²) < 4.78 is 5.21. The van der Waals surface area contributed by atoms with E-state index in [0.717, 1.165) is 11.9 Å². The molecule has 0 saturated carbocycles. The average molecular weight is 447 g/mol. The number of H-pyrrole nitrogens is 1. The molecule has 0 aliphatic rings. The van der Waals surface area contributed by atoms with Crippen molar-refractivity contribution in [1.82, 2.24) is 10.3 Å². The molecule has 4 aromatic rings. The van der Waals surface area contributed by atoms with E-state index in [9.17, 15) is 4.79 Å². The first kappa shape index (κ1) is 21.5. The minimum atomic E-state index is -0.247. The summed E-state index contributed by atoms with van der Waals surface area (Å²) in [6, 6.07) is 22.5. The molecule has 0 saturated heterocycles. The molecule has 1 heterocycles. The highest BCUT2D eigenvalue weighted by atomic mass is 35.5. The first-order valence-electron chi connectivity index (χ1n) is 10.2. The fourth-order valence-electron chi connectivity index (χ4n) is 3.39. The van der Waals surface area contributed by atoms with Gasteiger partial charge in [0.1, 0.15) is 5.75 Å². The van der Waals surface area contributed by atoms with Crippen LogP contribution in [0, 0.1) is 0 Å². The van der Waals surface area contributed by atoms with Crippen molar-refractivity contribution in [2.45, 2.75) is 6.42 Å². The lowest BCUT2D eigenvalue weighted by molar-refractivity contribution is 0.0977. The summed E-state index contributed by atoms with van der Waals surface area (Å²) >= 11 is 6.25. The van der Waals surface area contributed by atoms with E-state index in [-0.39, 0.29) is 5.91 Å². The molecule has 0 bridgehead atoms. The normalized spacial score (nSPS) is 11.4. The van der Waals surface area contributed by atoms with E-state index in [1.54, 1.807) is 31.4 Å². The Balaban J connectivity index is 1.53. The summed E-state index contributed by atoms with van der Waals surface area (Å²) in [5.74, 6) is 0.673. The quantitative estimate of drug-likeness (QED) is 0.279. The van der Waals surface area contributed by atoms with E-state index < -0.39 is 0 Å². The minimum Gasteiger partial charge on any atom is -0.495 e. The number of carbonyl (C=O) groups is 1. The standard InChI is InChI=1S/C25H23ClN4O2/c1-32-23-12-11-19(15-21(23)26)29-25(30-24(31)17-7-3-2-4-8-17)27-14-13-18-16-28-22-10-6-5-9-20(18)22/h2-12,15-16,28H,13-14H2,1H3,(H2,27,29,30,31). The van der Waals surface area contributed by atoms with Crippen LogP contribution in [0.5, 0.6) is 5.75 Å². The number of para-hydroxylation sites is 1. The van der Waals surface area contributed by atoms with Crippen LogP contribution in [0.25, 0.3) is 10.9 Å². The molecule has 32 heavy (non-hydrogen) atoms. The lowest BCUT2D eigenvalue weighted by Gasteiger charge is -2.13. The minimum absolute atomic E-state index is 0.247. The van der Waals surface area contributed by atoms with Gasteiger partial charge < -0.3 is 15.0 Å². The average Bonchev–Trinajstić information content (AvgIpc) is 3.23. The predicted molar refractivity (Wildman–Crippen MR) is 130 cm³/mol. The number of aromatic amines is 1. The molecule has 0 aliphatic carbocycles. The van der Waals surface area contributed by atoms with Crippen LogP contribution in [-0.2, 0) is 6.42 Å². The SMILES string of the molecule is COc1ccc(NC(=NCCc2c[nH]c3ccccc23)NC(=O)c2ccccc2)cc1Cl. The molecule has 1 aromatic heterocycles. The molecular formula is C25H23ClN4O2. The van der Waals surface area contributed by atoms with E-state index in [2.05, 4.69) is 26.7 Å². The van der Waals surface area contributed by atoms with Crippen molar-refractivity contribution >= 4 is 40.1 Å². The molecular weight excluding hydrogens is 424 g/mol. The zero-order valence-electron chi connectivity index (χ0n) is 17.6. The highest BCUT2D eigenvalue weighted by molar-refractivity contribution is 6.32. The summed E-state index contributed by atoms with van der Waals surface area (Å²) in [6.45, 7) is 0.489. The lowest BCUT2D eigenvalue weighted by atomic mass is 10.1. The number of ether oxygens (including phenoxy) is 1. The molecule has 0 fully saturated rings. The van der Waals surface area contributed by atoms with E-state index in [1.807, 2.05) is 48.7 Å². The van der Waals surface area contributed by atoms with Crippen LogP contribution in [0.3, 0.4) is 0 Å². The summed E-state index contributed by atoms with van der Waals surface area (Å²) in [6.07, 6.45) is 2.72. The largest absolute Gasteiger partial charge is 0.495 e. The van der Waals surface area contributed by atoms with Crippen LogP contribution < -0.4 is 15.4 Å². The second-order valence-electron chi connectivity index (χ2n) is 7.13. The number of benzene rings is 3. The fraction of sp³-hybridized carbons (Fsp3) is 0.120. The molecule has 1 amide bonds. The van der Waals surface area contributed by atoms with Crippen LogP contribution in [0.4, 0.5) is 5.69 Å². The Morgan fingerprint density at radius 2 is 1.84 bits per heavy atom. The van der Waals surface area contributed by atoms with Crippen LogP contribution in [0.15, 0.2) is 84.0 Å². The number of methoxy groups -OCH3 is 1. The van der Waals surface area contributed by atoms with Gasteiger partial charge in [0.15, 0.2) is 0 Å². The van der Waals surface area contributed by atoms with Gasteiger partial charge in [-0.05, 0) is 48.4 Å². The summed E-state index contributed by atoms with van der Waals surface area (Å²) in [7, 11) is 1.56. The number of aliphatic imine (C=N–C) groups is 1. The number of amides is 1. The van der Waals surface area contributed by atoms with Gasteiger partial charge in [0.2, 0.25) is 5.96 Å². The van der Waals surface area contributed by atoms with Gasteiger partial charge in [-0.3, -0.25) is 15.1 Å². The molecule has 0 spiro atoms. The van der Waals surface area contributed by atoms with Crippen LogP contribution in [0.1, 0.15) is 15.9 Å². The van der Waals surface area contributed by atoms with Crippen molar-refractivity contribution in [3.05, 3.63) is 95.1 Å². The number of guanidine groups is 1. The highest BCUT2D eigenvalue weighted by Gasteiger charge is 2.11. The number of fused-ring (bicyclic) bond motifs is 1. The number of nitrogens with zero attached hydrogens (tertiary/aromatic N) is 1. The third-order valence-electron chi connectivity index (χ3n) is 5.01. The van der Waals surface area contributed by atoms with Gasteiger partial charge in [-0.2, -0.15) is 0 Å². The van der Waals surface area contributed by atoms with Gasteiger partial charge in [-0.25, -0.2) is 0 Å².